The Morgan fingerprint density at radius 2 is 1.87 bits per heavy atom. The minimum absolute atomic E-state index is 0.0191. The topological polar surface area (TPSA) is 152 Å². The third kappa shape index (κ3) is 8.53. The number of ether oxygens (including phenoxy) is 4. The zero-order valence-electron chi connectivity index (χ0n) is 28.1. The minimum atomic E-state index is -2.49. The molecule has 0 radical (unpaired) electrons. The molecular formula is C35H54O10. The van der Waals surface area contributed by atoms with Crippen LogP contribution >= 0.6 is 0 Å². The summed E-state index contributed by atoms with van der Waals surface area (Å²) in [4.78, 5) is 24.9. The number of aliphatic hydroxyl groups excluding tert-OH is 2. The van der Waals surface area contributed by atoms with Crippen molar-refractivity contribution in [2.24, 2.45) is 23.7 Å². The standard InChI is InChI=1S/C35H54O10/c1-20(2)29-23(5)14-15-34(45-29)19-25(36)18-26(44-34)13-12-22(4)16-21(3)10-9-11-27(33(40)43-8)35(41)28(32(38)39)17-24(6)30(42-7)31(35)37/h9-12,17,20-21,23,25-26,28-31,36-37,41H,13-16,18-19H2,1-8H3,(H,38,39)/b10-9+,22-12+,27-11+/t21-,23-,25-,26+,28-,29+,30+,31+,34+,35+/m0/s1. The molecule has 3 aliphatic rings. The van der Waals surface area contributed by atoms with E-state index in [1.807, 2.05) is 19.9 Å². The van der Waals surface area contributed by atoms with Gasteiger partial charge in [-0.2, -0.15) is 0 Å². The van der Waals surface area contributed by atoms with Gasteiger partial charge in [0.25, 0.3) is 0 Å². The second-order valence-electron chi connectivity index (χ2n) is 13.7. The zero-order valence-corrected chi connectivity index (χ0v) is 28.1. The number of aliphatic hydroxyl groups is 3. The van der Waals surface area contributed by atoms with Crippen molar-refractivity contribution in [3.05, 3.63) is 47.1 Å². The van der Waals surface area contributed by atoms with Gasteiger partial charge in [-0.3, -0.25) is 4.79 Å². The quantitative estimate of drug-likeness (QED) is 0.111. The highest BCUT2D eigenvalue weighted by atomic mass is 16.7. The number of carboxylic acids is 1. The first-order valence-electron chi connectivity index (χ1n) is 16.1. The molecule has 10 heteroatoms. The number of hydrogen-bond donors (Lipinski definition) is 4. The average molecular weight is 635 g/mol. The number of esters is 1. The number of aliphatic carboxylic acids is 1. The van der Waals surface area contributed by atoms with Crippen LogP contribution in [0.4, 0.5) is 0 Å². The van der Waals surface area contributed by atoms with Gasteiger partial charge in [0.1, 0.15) is 23.7 Å². The Morgan fingerprint density at radius 1 is 1.18 bits per heavy atom. The summed E-state index contributed by atoms with van der Waals surface area (Å²) >= 11 is 0. The molecule has 1 aliphatic carbocycles. The number of rotatable bonds is 11. The minimum Gasteiger partial charge on any atom is -0.481 e. The summed E-state index contributed by atoms with van der Waals surface area (Å²) in [5.74, 6) is -3.86. The summed E-state index contributed by atoms with van der Waals surface area (Å²) in [6, 6.07) is 0. The highest BCUT2D eigenvalue weighted by Gasteiger charge is 2.57. The monoisotopic (exact) mass is 634 g/mol. The van der Waals surface area contributed by atoms with E-state index in [-0.39, 0.29) is 23.7 Å². The molecule has 1 spiro atoms. The van der Waals surface area contributed by atoms with E-state index in [2.05, 4.69) is 26.8 Å². The molecule has 254 valence electrons. The molecule has 0 aromatic carbocycles. The van der Waals surface area contributed by atoms with E-state index >= 15 is 0 Å². The van der Waals surface area contributed by atoms with Crippen LogP contribution in [-0.4, -0.2) is 88.5 Å². The molecule has 0 unspecified atom stereocenters. The third-order valence-electron chi connectivity index (χ3n) is 9.54. The van der Waals surface area contributed by atoms with Gasteiger partial charge in [0.15, 0.2) is 5.79 Å². The molecule has 2 aliphatic heterocycles. The Balaban J connectivity index is 1.71. The molecule has 0 saturated carbocycles. The van der Waals surface area contributed by atoms with Gasteiger partial charge in [-0.05, 0) is 62.5 Å². The van der Waals surface area contributed by atoms with Crippen molar-refractivity contribution in [1.29, 1.82) is 0 Å². The summed E-state index contributed by atoms with van der Waals surface area (Å²) in [7, 11) is 2.46. The van der Waals surface area contributed by atoms with Crippen LogP contribution in [0.1, 0.15) is 80.1 Å². The van der Waals surface area contributed by atoms with E-state index in [0.29, 0.717) is 43.1 Å². The summed E-state index contributed by atoms with van der Waals surface area (Å²) < 4.78 is 23.2. The molecule has 0 amide bonds. The lowest BCUT2D eigenvalue weighted by molar-refractivity contribution is -0.339. The molecule has 3 rings (SSSR count). The van der Waals surface area contributed by atoms with Gasteiger partial charge >= 0.3 is 11.9 Å². The van der Waals surface area contributed by atoms with E-state index in [1.165, 1.54) is 19.3 Å². The Hall–Kier alpha value is -2.34. The molecule has 45 heavy (non-hydrogen) atoms. The van der Waals surface area contributed by atoms with Crippen LogP contribution < -0.4 is 0 Å². The maximum atomic E-state index is 12.8. The first-order chi connectivity index (χ1) is 21.1. The second-order valence-corrected chi connectivity index (χ2v) is 13.7. The Morgan fingerprint density at radius 3 is 2.47 bits per heavy atom. The summed E-state index contributed by atoms with van der Waals surface area (Å²) in [5.41, 5.74) is -1.31. The highest BCUT2D eigenvalue weighted by molar-refractivity contribution is 5.93. The molecule has 2 heterocycles. The van der Waals surface area contributed by atoms with Crippen LogP contribution in [0.3, 0.4) is 0 Å². The van der Waals surface area contributed by atoms with Gasteiger partial charge in [-0.1, -0.05) is 57.6 Å². The van der Waals surface area contributed by atoms with Crippen molar-refractivity contribution >= 4 is 11.9 Å². The van der Waals surface area contributed by atoms with E-state index in [4.69, 9.17) is 18.9 Å². The van der Waals surface area contributed by atoms with E-state index < -0.39 is 47.6 Å². The fourth-order valence-corrected chi connectivity index (χ4v) is 7.21. The smallest absolute Gasteiger partial charge is 0.336 e. The Bertz CT molecular complexity index is 1170. The van der Waals surface area contributed by atoms with Crippen LogP contribution in [0.2, 0.25) is 0 Å². The first kappa shape index (κ1) is 37.1. The second kappa shape index (κ2) is 15.5. The highest BCUT2D eigenvalue weighted by Crippen LogP contribution is 2.44. The van der Waals surface area contributed by atoms with Crippen LogP contribution in [0.25, 0.3) is 0 Å². The van der Waals surface area contributed by atoms with Gasteiger partial charge in [0.2, 0.25) is 0 Å². The number of hydrogen-bond acceptors (Lipinski definition) is 9. The van der Waals surface area contributed by atoms with Crippen molar-refractivity contribution in [3.8, 4) is 0 Å². The maximum Gasteiger partial charge on any atom is 0.336 e. The van der Waals surface area contributed by atoms with Crippen molar-refractivity contribution in [2.45, 2.75) is 122 Å². The molecule has 2 fully saturated rings. The van der Waals surface area contributed by atoms with Gasteiger partial charge in [0, 0.05) is 26.4 Å². The molecule has 2 saturated heterocycles. The summed E-state index contributed by atoms with van der Waals surface area (Å²) in [6.07, 6.45) is 9.02. The number of methoxy groups -OCH3 is 2. The van der Waals surface area contributed by atoms with Crippen LogP contribution in [0.5, 0.6) is 0 Å². The summed E-state index contributed by atoms with van der Waals surface area (Å²) in [5, 5.41) is 43.2. The maximum absolute atomic E-state index is 12.8. The molecule has 4 N–H and O–H groups in total. The Kier molecular flexibility index (Phi) is 12.8. The lowest BCUT2D eigenvalue weighted by atomic mass is 9.69. The van der Waals surface area contributed by atoms with Gasteiger partial charge < -0.3 is 39.4 Å². The number of carbonyl (C=O) groups excluding carboxylic acids is 1. The lowest BCUT2D eigenvalue weighted by Crippen LogP contribution is -2.61. The molecule has 10 atom stereocenters. The van der Waals surface area contributed by atoms with Crippen molar-refractivity contribution in [2.75, 3.05) is 14.2 Å². The molecule has 10 nitrogen and oxygen atoms in total. The number of carboxylic acid groups (broad SMARTS) is 1. The zero-order chi connectivity index (χ0) is 33.7. The molecule has 0 aromatic heterocycles. The van der Waals surface area contributed by atoms with Crippen molar-refractivity contribution in [1.82, 2.24) is 0 Å². The molecule has 0 aromatic rings. The molecule has 0 bridgehead atoms. The SMILES string of the molecule is COC(=O)/C(=C\C=C\[C@H](C)C/C(C)=C/C[C@@H]1C[C@H](O)C[C@]2(CC[C@H](C)[C@@H](C(C)C)O2)O1)[C@]1(O)[C@H](O)[C@H](OC)C(C)=C[C@H]1C(=O)O. The van der Waals surface area contributed by atoms with Gasteiger partial charge in [-0.15, -0.1) is 0 Å². The predicted octanol–water partition coefficient (Wildman–Crippen LogP) is 4.48. The lowest BCUT2D eigenvalue weighted by Gasteiger charge is -2.50. The van der Waals surface area contributed by atoms with E-state index in [9.17, 15) is 30.0 Å². The van der Waals surface area contributed by atoms with Crippen molar-refractivity contribution in [3.63, 3.8) is 0 Å². The van der Waals surface area contributed by atoms with Crippen LogP contribution in [-0.2, 0) is 28.5 Å². The fourth-order valence-electron chi connectivity index (χ4n) is 7.21. The number of allylic oxidation sites excluding steroid dienone is 4. The Labute approximate surface area is 267 Å². The van der Waals surface area contributed by atoms with Gasteiger partial charge in [-0.25, -0.2) is 4.79 Å². The van der Waals surface area contributed by atoms with Crippen LogP contribution in [0.15, 0.2) is 47.1 Å². The van der Waals surface area contributed by atoms with Crippen LogP contribution in [0, 0.1) is 23.7 Å². The predicted molar refractivity (Wildman–Crippen MR) is 169 cm³/mol. The average Bonchev–Trinajstić information content (AvgIpc) is 2.97. The first-order valence-corrected chi connectivity index (χ1v) is 16.1. The third-order valence-corrected chi connectivity index (χ3v) is 9.54. The molecular weight excluding hydrogens is 580 g/mol. The van der Waals surface area contributed by atoms with Crippen molar-refractivity contribution < 1.29 is 49.0 Å². The number of carbonyl (C=O) groups is 2. The normalized spacial score (nSPS) is 37.2. The van der Waals surface area contributed by atoms with E-state index in [1.54, 1.807) is 13.0 Å². The largest absolute Gasteiger partial charge is 0.481 e. The summed E-state index contributed by atoms with van der Waals surface area (Å²) in [6.45, 7) is 12.2. The van der Waals surface area contributed by atoms with Gasteiger partial charge in [0.05, 0.1) is 31.0 Å². The van der Waals surface area contributed by atoms with E-state index in [0.717, 1.165) is 25.5 Å². The fraction of sp³-hybridized carbons (Fsp3) is 0.714.